The molecule has 0 radical (unpaired) electrons. The molecule has 3 aromatic carbocycles. The lowest BCUT2D eigenvalue weighted by molar-refractivity contribution is -0.384. The van der Waals surface area contributed by atoms with E-state index in [-0.39, 0.29) is 22.4 Å². The van der Waals surface area contributed by atoms with Crippen molar-refractivity contribution in [3.05, 3.63) is 93.5 Å². The van der Waals surface area contributed by atoms with Crippen molar-refractivity contribution in [2.24, 2.45) is 5.10 Å². The van der Waals surface area contributed by atoms with Crippen LogP contribution in [0.15, 0.2) is 83.1 Å². The first-order valence-corrected chi connectivity index (χ1v) is 12.5. The molecule has 0 bridgehead atoms. The molecule has 0 unspecified atom stereocenters. The number of thioether (sulfide) groups is 1. The number of nitrogens with one attached hydrogen (secondary N) is 1. The molecule has 37 heavy (non-hydrogen) atoms. The summed E-state index contributed by atoms with van der Waals surface area (Å²) in [6, 6.07) is 21.4. The largest absolute Gasteiger partial charge is 0.494 e. The summed E-state index contributed by atoms with van der Waals surface area (Å²) in [4.78, 5) is 22.9. The number of hydrazone groups is 1. The van der Waals surface area contributed by atoms with Crippen molar-refractivity contribution >= 4 is 41.2 Å². The van der Waals surface area contributed by atoms with Crippen LogP contribution in [0.1, 0.15) is 12.5 Å². The first-order chi connectivity index (χ1) is 18.0. The number of amides is 1. The van der Waals surface area contributed by atoms with Gasteiger partial charge in [-0.3, -0.25) is 19.5 Å². The van der Waals surface area contributed by atoms with Crippen molar-refractivity contribution in [1.82, 2.24) is 20.2 Å². The Kier molecular flexibility index (Phi) is 8.49. The van der Waals surface area contributed by atoms with Crippen LogP contribution in [0.2, 0.25) is 5.02 Å². The maximum atomic E-state index is 12.4. The van der Waals surface area contributed by atoms with Crippen LogP contribution in [-0.2, 0) is 4.79 Å². The SMILES string of the molecule is CCOc1ccc(-n2c(SCC(=O)N/N=C\c3ccc(Cl)c([N+](=O)[O-])c3)nnc2-c2ccccc2)cc1. The Morgan fingerprint density at radius 1 is 1.16 bits per heavy atom. The van der Waals surface area contributed by atoms with Crippen LogP contribution in [-0.4, -0.2) is 44.2 Å². The van der Waals surface area contributed by atoms with Gasteiger partial charge >= 0.3 is 0 Å². The molecule has 1 N–H and O–H groups in total. The summed E-state index contributed by atoms with van der Waals surface area (Å²) >= 11 is 7.02. The number of nitrogens with zero attached hydrogens (tertiary/aromatic N) is 5. The zero-order valence-corrected chi connectivity index (χ0v) is 21.1. The molecule has 4 rings (SSSR count). The van der Waals surface area contributed by atoms with Crippen molar-refractivity contribution in [1.29, 1.82) is 0 Å². The fourth-order valence-electron chi connectivity index (χ4n) is 3.32. The van der Waals surface area contributed by atoms with Gasteiger partial charge in [-0.2, -0.15) is 5.10 Å². The summed E-state index contributed by atoms with van der Waals surface area (Å²) in [6.07, 6.45) is 1.31. The Morgan fingerprint density at radius 2 is 1.92 bits per heavy atom. The maximum absolute atomic E-state index is 12.4. The summed E-state index contributed by atoms with van der Waals surface area (Å²) in [6.45, 7) is 2.49. The lowest BCUT2D eigenvalue weighted by Gasteiger charge is -2.11. The maximum Gasteiger partial charge on any atom is 0.288 e. The zero-order chi connectivity index (χ0) is 26.2. The predicted octanol–water partition coefficient (Wildman–Crippen LogP) is 5.14. The molecule has 0 spiro atoms. The monoisotopic (exact) mass is 536 g/mol. The van der Waals surface area contributed by atoms with Gasteiger partial charge in [-0.25, -0.2) is 5.43 Å². The second-order valence-electron chi connectivity index (χ2n) is 7.48. The Balaban J connectivity index is 1.49. The summed E-state index contributed by atoms with van der Waals surface area (Å²) in [7, 11) is 0. The molecule has 0 atom stereocenters. The van der Waals surface area contributed by atoms with E-state index in [2.05, 4.69) is 20.7 Å². The fraction of sp³-hybridized carbons (Fsp3) is 0.120. The van der Waals surface area contributed by atoms with E-state index >= 15 is 0 Å². The minimum absolute atomic E-state index is 0.0159. The van der Waals surface area contributed by atoms with E-state index in [9.17, 15) is 14.9 Å². The molecular formula is C25H21ClN6O4S. The van der Waals surface area contributed by atoms with Crippen molar-refractivity contribution in [3.63, 3.8) is 0 Å². The highest BCUT2D eigenvalue weighted by Crippen LogP contribution is 2.29. The second kappa shape index (κ2) is 12.2. The second-order valence-corrected chi connectivity index (χ2v) is 8.83. The molecule has 0 aliphatic rings. The number of nitro benzene ring substituents is 1. The van der Waals surface area contributed by atoms with Gasteiger partial charge in [-0.05, 0) is 37.3 Å². The van der Waals surface area contributed by atoms with Gasteiger partial charge in [0.2, 0.25) is 0 Å². The molecule has 0 saturated heterocycles. The summed E-state index contributed by atoms with van der Waals surface area (Å²) in [5, 5.41) is 24.1. The molecule has 12 heteroatoms. The molecule has 188 valence electrons. The summed E-state index contributed by atoms with van der Waals surface area (Å²) in [5.74, 6) is 1.02. The number of nitro groups is 1. The van der Waals surface area contributed by atoms with Crippen molar-refractivity contribution in [2.75, 3.05) is 12.4 Å². The smallest absolute Gasteiger partial charge is 0.288 e. The van der Waals surface area contributed by atoms with E-state index in [0.717, 1.165) is 17.0 Å². The molecule has 0 saturated carbocycles. The number of halogens is 1. The van der Waals surface area contributed by atoms with Crippen LogP contribution in [0, 0.1) is 10.1 Å². The normalized spacial score (nSPS) is 11.0. The molecule has 1 heterocycles. The highest BCUT2D eigenvalue weighted by Gasteiger charge is 2.17. The average Bonchev–Trinajstić information content (AvgIpc) is 3.33. The quantitative estimate of drug-likeness (QED) is 0.129. The molecule has 1 amide bonds. The number of carbonyl (C=O) groups is 1. The van der Waals surface area contributed by atoms with E-state index in [0.29, 0.717) is 23.2 Å². The Hall–Kier alpha value is -4.22. The molecule has 0 fully saturated rings. The lowest BCUT2D eigenvalue weighted by Crippen LogP contribution is -2.20. The third kappa shape index (κ3) is 6.51. The number of ether oxygens (including phenoxy) is 1. The molecule has 0 aliphatic heterocycles. The fourth-order valence-corrected chi connectivity index (χ4v) is 4.25. The van der Waals surface area contributed by atoms with Gasteiger partial charge in [0, 0.05) is 22.9 Å². The standard InChI is InChI=1S/C25H21ClN6O4S/c1-2-36-20-11-9-19(10-12-20)31-24(18-6-4-3-5-7-18)29-30-25(31)37-16-23(33)28-27-15-17-8-13-21(26)22(14-17)32(34)35/h3-15H,2,16H2,1H3,(H,28,33)/b27-15-. The van der Waals surface area contributed by atoms with Gasteiger partial charge in [0.05, 0.1) is 23.5 Å². The van der Waals surface area contributed by atoms with E-state index in [4.69, 9.17) is 16.3 Å². The third-order valence-corrected chi connectivity index (χ3v) is 6.22. The number of hydrogen-bond acceptors (Lipinski definition) is 8. The molecule has 4 aromatic rings. The van der Waals surface area contributed by atoms with Gasteiger partial charge in [-0.15, -0.1) is 10.2 Å². The number of rotatable bonds is 10. The molecular weight excluding hydrogens is 516 g/mol. The first kappa shape index (κ1) is 25.9. The topological polar surface area (TPSA) is 125 Å². The Labute approximate surface area is 221 Å². The zero-order valence-electron chi connectivity index (χ0n) is 19.6. The van der Waals surface area contributed by atoms with Gasteiger partial charge in [0.15, 0.2) is 11.0 Å². The van der Waals surface area contributed by atoms with Crippen LogP contribution in [0.4, 0.5) is 5.69 Å². The van der Waals surface area contributed by atoms with Crippen molar-refractivity contribution in [2.45, 2.75) is 12.1 Å². The average molecular weight is 537 g/mol. The minimum Gasteiger partial charge on any atom is -0.494 e. The Morgan fingerprint density at radius 3 is 2.62 bits per heavy atom. The van der Waals surface area contributed by atoms with Crippen molar-refractivity contribution < 1.29 is 14.5 Å². The summed E-state index contributed by atoms with van der Waals surface area (Å²) in [5.41, 5.74) is 4.29. The highest BCUT2D eigenvalue weighted by atomic mass is 35.5. The molecule has 0 aliphatic carbocycles. The number of carbonyl (C=O) groups excluding carboxylic acids is 1. The van der Waals surface area contributed by atoms with Gasteiger partial charge in [0.25, 0.3) is 11.6 Å². The van der Waals surface area contributed by atoms with E-state index in [1.54, 1.807) is 6.07 Å². The number of hydrogen-bond donors (Lipinski definition) is 1. The van der Waals surface area contributed by atoms with Crippen LogP contribution < -0.4 is 10.2 Å². The lowest BCUT2D eigenvalue weighted by atomic mass is 10.2. The predicted molar refractivity (Wildman–Crippen MR) is 143 cm³/mol. The van der Waals surface area contributed by atoms with Gasteiger partial charge < -0.3 is 4.74 Å². The Bertz CT molecular complexity index is 1430. The van der Waals surface area contributed by atoms with E-state index < -0.39 is 4.92 Å². The van der Waals surface area contributed by atoms with Gasteiger partial charge in [-0.1, -0.05) is 59.8 Å². The first-order valence-electron chi connectivity index (χ1n) is 11.1. The minimum atomic E-state index is -0.584. The van der Waals surface area contributed by atoms with E-state index in [1.807, 2.05) is 66.1 Å². The van der Waals surface area contributed by atoms with Crippen molar-refractivity contribution in [3.8, 4) is 22.8 Å². The summed E-state index contributed by atoms with van der Waals surface area (Å²) < 4.78 is 7.42. The van der Waals surface area contributed by atoms with Crippen LogP contribution in [0.5, 0.6) is 5.75 Å². The highest BCUT2D eigenvalue weighted by molar-refractivity contribution is 7.99. The van der Waals surface area contributed by atoms with Crippen LogP contribution in [0.3, 0.4) is 0 Å². The van der Waals surface area contributed by atoms with Gasteiger partial charge in [0.1, 0.15) is 10.8 Å². The van der Waals surface area contributed by atoms with Crippen LogP contribution >= 0.6 is 23.4 Å². The number of aromatic nitrogens is 3. The third-order valence-electron chi connectivity index (χ3n) is 4.97. The van der Waals surface area contributed by atoms with Crippen LogP contribution in [0.25, 0.3) is 17.1 Å². The molecule has 10 nitrogen and oxygen atoms in total. The van der Waals surface area contributed by atoms with E-state index in [1.165, 1.54) is 30.1 Å². The molecule has 1 aromatic heterocycles. The number of benzene rings is 3.